The van der Waals surface area contributed by atoms with Gasteiger partial charge in [-0.2, -0.15) is 13.2 Å². The van der Waals surface area contributed by atoms with Crippen LogP contribution in [0.1, 0.15) is 40.4 Å². The highest BCUT2D eigenvalue weighted by molar-refractivity contribution is 6.30. The summed E-state index contributed by atoms with van der Waals surface area (Å²) in [5.74, 6) is -0.525. The zero-order valence-corrected chi connectivity index (χ0v) is 15.6. The van der Waals surface area contributed by atoms with Crippen LogP contribution in [0.5, 0.6) is 0 Å². The van der Waals surface area contributed by atoms with Crippen LogP contribution in [0.4, 0.5) is 13.2 Å². The number of carbonyl (C=O) groups is 2. The van der Waals surface area contributed by atoms with Gasteiger partial charge < -0.3 is 10.2 Å². The molecule has 0 radical (unpaired) electrons. The maximum absolute atomic E-state index is 13.1. The van der Waals surface area contributed by atoms with Gasteiger partial charge in [0.15, 0.2) is 0 Å². The average molecular weight is 411 g/mol. The second kappa shape index (κ2) is 8.22. The Morgan fingerprint density at radius 3 is 2.50 bits per heavy atom. The molecule has 0 saturated carbocycles. The Morgan fingerprint density at radius 1 is 1.18 bits per heavy atom. The first-order chi connectivity index (χ1) is 13.2. The van der Waals surface area contributed by atoms with Gasteiger partial charge in [0.05, 0.1) is 11.6 Å². The van der Waals surface area contributed by atoms with Crippen molar-refractivity contribution in [3.05, 3.63) is 70.2 Å². The van der Waals surface area contributed by atoms with Crippen LogP contribution < -0.4 is 5.32 Å². The van der Waals surface area contributed by atoms with Crippen molar-refractivity contribution < 1.29 is 22.8 Å². The van der Waals surface area contributed by atoms with Crippen LogP contribution in [0.15, 0.2) is 48.5 Å². The van der Waals surface area contributed by atoms with Gasteiger partial charge in [-0.25, -0.2) is 0 Å². The molecular formula is C20H18ClF3N2O2. The summed E-state index contributed by atoms with van der Waals surface area (Å²) in [6, 6.07) is 10.2. The highest BCUT2D eigenvalue weighted by atomic mass is 35.5. The van der Waals surface area contributed by atoms with Crippen molar-refractivity contribution in [2.45, 2.75) is 25.1 Å². The highest BCUT2D eigenvalue weighted by Crippen LogP contribution is 2.31. The number of halogens is 4. The summed E-state index contributed by atoms with van der Waals surface area (Å²) in [4.78, 5) is 26.1. The lowest BCUT2D eigenvalue weighted by Crippen LogP contribution is -2.38. The normalized spacial score (nSPS) is 15.6. The van der Waals surface area contributed by atoms with Crippen LogP contribution in [0.2, 0.25) is 5.02 Å². The molecule has 1 N–H and O–H groups in total. The number of alkyl halides is 3. The molecule has 28 heavy (non-hydrogen) atoms. The molecule has 148 valence electrons. The van der Waals surface area contributed by atoms with Crippen LogP contribution in [0, 0.1) is 0 Å². The number of nitrogens with zero attached hydrogens (tertiary/aromatic N) is 1. The molecule has 1 atom stereocenters. The zero-order valence-electron chi connectivity index (χ0n) is 14.8. The average Bonchev–Trinajstić information content (AvgIpc) is 3.06. The summed E-state index contributed by atoms with van der Waals surface area (Å²) in [6.07, 6.45) is -3.40. The topological polar surface area (TPSA) is 49.4 Å². The molecule has 4 nitrogen and oxygen atoms in total. The highest BCUT2D eigenvalue weighted by Gasteiger charge is 2.32. The van der Waals surface area contributed by atoms with Crippen LogP contribution >= 0.6 is 11.6 Å². The molecule has 0 bridgehead atoms. The minimum Gasteiger partial charge on any atom is -0.343 e. The van der Waals surface area contributed by atoms with Gasteiger partial charge in [0.25, 0.3) is 5.91 Å². The van der Waals surface area contributed by atoms with Crippen LogP contribution in [0.25, 0.3) is 0 Å². The number of amides is 2. The lowest BCUT2D eigenvalue weighted by Gasteiger charge is -2.26. The standard InChI is InChI=1S/C20H18ClF3N2O2/c21-16-8-6-13(7-9-16)19(28)25-17(12-26-10-2-5-18(26)27)14-3-1-4-15(11-14)20(22,23)24/h1,3-4,6-9,11,17H,2,5,10,12H2,(H,25,28)/t17-/m1/s1. The lowest BCUT2D eigenvalue weighted by molar-refractivity contribution is -0.137. The van der Waals surface area contributed by atoms with Crippen LogP contribution in [-0.2, 0) is 11.0 Å². The van der Waals surface area contributed by atoms with Crippen LogP contribution in [-0.4, -0.2) is 29.8 Å². The first-order valence-corrected chi connectivity index (χ1v) is 9.13. The van der Waals surface area contributed by atoms with E-state index in [-0.39, 0.29) is 18.0 Å². The largest absolute Gasteiger partial charge is 0.416 e. The summed E-state index contributed by atoms with van der Waals surface area (Å²) in [5.41, 5.74) is -0.186. The van der Waals surface area contributed by atoms with E-state index in [1.165, 1.54) is 24.3 Å². The van der Waals surface area contributed by atoms with E-state index in [9.17, 15) is 22.8 Å². The molecule has 1 aliphatic rings. The summed E-state index contributed by atoms with van der Waals surface area (Å²) < 4.78 is 39.3. The molecule has 2 amide bonds. The molecule has 0 aliphatic carbocycles. The van der Waals surface area contributed by atoms with Crippen molar-refractivity contribution >= 4 is 23.4 Å². The fourth-order valence-electron chi connectivity index (χ4n) is 3.13. The molecule has 1 fully saturated rings. The summed E-state index contributed by atoms with van der Waals surface area (Å²) >= 11 is 5.83. The third-order valence-corrected chi connectivity index (χ3v) is 4.85. The van der Waals surface area contributed by atoms with Crippen molar-refractivity contribution in [1.82, 2.24) is 10.2 Å². The van der Waals surface area contributed by atoms with Crippen LogP contribution in [0.3, 0.4) is 0 Å². The molecule has 1 saturated heterocycles. The summed E-state index contributed by atoms with van der Waals surface area (Å²) in [6.45, 7) is 0.630. The monoisotopic (exact) mass is 410 g/mol. The van der Waals surface area contributed by atoms with Gasteiger partial charge in [0.1, 0.15) is 0 Å². The summed E-state index contributed by atoms with van der Waals surface area (Å²) in [7, 11) is 0. The van der Waals surface area contributed by atoms with E-state index in [0.717, 1.165) is 12.1 Å². The van der Waals surface area contributed by atoms with Gasteiger partial charge >= 0.3 is 6.18 Å². The number of hydrogen-bond donors (Lipinski definition) is 1. The van der Waals surface area contributed by atoms with Crippen molar-refractivity contribution in [2.24, 2.45) is 0 Å². The summed E-state index contributed by atoms with van der Waals surface area (Å²) in [5, 5.41) is 3.22. The molecule has 2 aromatic carbocycles. The predicted molar refractivity (Wildman–Crippen MR) is 98.9 cm³/mol. The van der Waals surface area contributed by atoms with Gasteiger partial charge in [-0.3, -0.25) is 9.59 Å². The van der Waals surface area contributed by atoms with E-state index in [0.29, 0.717) is 30.0 Å². The van der Waals surface area contributed by atoms with E-state index < -0.39 is 23.7 Å². The minimum atomic E-state index is -4.50. The fraction of sp³-hybridized carbons (Fsp3) is 0.300. The number of benzene rings is 2. The van der Waals surface area contributed by atoms with Gasteiger partial charge in [-0.1, -0.05) is 23.7 Å². The van der Waals surface area contributed by atoms with Gasteiger partial charge in [-0.15, -0.1) is 0 Å². The molecule has 0 unspecified atom stereocenters. The molecule has 2 aromatic rings. The molecule has 3 rings (SSSR count). The zero-order chi connectivity index (χ0) is 20.3. The molecule has 1 heterocycles. The maximum Gasteiger partial charge on any atom is 0.416 e. The van der Waals surface area contributed by atoms with Crippen molar-refractivity contribution in [3.63, 3.8) is 0 Å². The van der Waals surface area contributed by atoms with Gasteiger partial charge in [0, 0.05) is 30.1 Å². The smallest absolute Gasteiger partial charge is 0.343 e. The van der Waals surface area contributed by atoms with Crippen molar-refractivity contribution in [1.29, 1.82) is 0 Å². The number of nitrogens with one attached hydrogen (secondary N) is 1. The number of carbonyl (C=O) groups excluding carboxylic acids is 2. The molecule has 0 spiro atoms. The molecular weight excluding hydrogens is 393 g/mol. The first kappa shape index (κ1) is 20.2. The van der Waals surface area contributed by atoms with E-state index in [1.807, 2.05) is 0 Å². The van der Waals surface area contributed by atoms with Crippen molar-refractivity contribution in [3.8, 4) is 0 Å². The van der Waals surface area contributed by atoms with Crippen molar-refractivity contribution in [2.75, 3.05) is 13.1 Å². The Balaban J connectivity index is 1.87. The lowest BCUT2D eigenvalue weighted by atomic mass is 10.0. The third-order valence-electron chi connectivity index (χ3n) is 4.60. The number of likely N-dealkylation sites (tertiary alicyclic amines) is 1. The Bertz CT molecular complexity index is 868. The Labute approximate surface area is 165 Å². The van der Waals surface area contributed by atoms with Gasteiger partial charge in [-0.05, 0) is 48.4 Å². The van der Waals surface area contributed by atoms with E-state index in [1.54, 1.807) is 17.0 Å². The van der Waals surface area contributed by atoms with Gasteiger partial charge in [0.2, 0.25) is 5.91 Å². The predicted octanol–water partition coefficient (Wildman–Crippen LogP) is 4.45. The fourth-order valence-corrected chi connectivity index (χ4v) is 3.25. The second-order valence-electron chi connectivity index (χ2n) is 6.60. The van der Waals surface area contributed by atoms with E-state index in [2.05, 4.69) is 5.32 Å². The molecule has 1 aliphatic heterocycles. The second-order valence-corrected chi connectivity index (χ2v) is 7.04. The Morgan fingerprint density at radius 2 is 1.89 bits per heavy atom. The quantitative estimate of drug-likeness (QED) is 0.791. The van der Waals surface area contributed by atoms with E-state index >= 15 is 0 Å². The SMILES string of the molecule is O=C(N[C@H](CN1CCCC1=O)c1cccc(C(F)(F)F)c1)c1ccc(Cl)cc1. The Hall–Kier alpha value is -2.54. The first-order valence-electron chi connectivity index (χ1n) is 8.75. The van der Waals surface area contributed by atoms with E-state index in [4.69, 9.17) is 11.6 Å². The maximum atomic E-state index is 13.1. The molecule has 8 heteroatoms. The minimum absolute atomic E-state index is 0.0716. The third kappa shape index (κ3) is 4.84. The number of rotatable bonds is 5. The molecule has 0 aromatic heterocycles. The number of hydrogen-bond acceptors (Lipinski definition) is 2. The Kier molecular flexibility index (Phi) is 5.93.